The lowest BCUT2D eigenvalue weighted by atomic mass is 9.82. The van der Waals surface area contributed by atoms with Gasteiger partial charge in [0.05, 0.1) is 11.6 Å². The van der Waals surface area contributed by atoms with Crippen LogP contribution in [0.25, 0.3) is 10.4 Å². The number of hydrogen-bond donors (Lipinski definition) is 0. The van der Waals surface area contributed by atoms with Gasteiger partial charge in [0, 0.05) is 23.8 Å². The van der Waals surface area contributed by atoms with Crippen LogP contribution in [0, 0.1) is 17.8 Å². The summed E-state index contributed by atoms with van der Waals surface area (Å²) in [6, 6.07) is 11.9. The summed E-state index contributed by atoms with van der Waals surface area (Å²) < 4.78 is 10.9. The summed E-state index contributed by atoms with van der Waals surface area (Å²) in [5.41, 5.74) is 1.59. The molecule has 0 radical (unpaired) electrons. The summed E-state index contributed by atoms with van der Waals surface area (Å²) in [7, 11) is 2.10. The van der Waals surface area contributed by atoms with Gasteiger partial charge >= 0.3 is 11.9 Å². The zero-order chi connectivity index (χ0) is 28.1. The first kappa shape index (κ1) is 29.3. The summed E-state index contributed by atoms with van der Waals surface area (Å²) in [6.07, 6.45) is 4.50. The van der Waals surface area contributed by atoms with Gasteiger partial charge in [0.2, 0.25) is 12.2 Å². The van der Waals surface area contributed by atoms with Crippen LogP contribution in [0.4, 0.5) is 5.69 Å². The highest BCUT2D eigenvalue weighted by Crippen LogP contribution is 2.41. The molecular formula is C31H42N2O5S. The molecule has 212 valence electrons. The monoisotopic (exact) mass is 554 g/mol. The lowest BCUT2D eigenvalue weighted by Gasteiger charge is -2.40. The molecule has 4 rings (SSSR count). The summed E-state index contributed by atoms with van der Waals surface area (Å²) in [4.78, 5) is 45.4. The van der Waals surface area contributed by atoms with Crippen LogP contribution in [0.3, 0.4) is 0 Å². The van der Waals surface area contributed by atoms with E-state index in [9.17, 15) is 14.4 Å². The van der Waals surface area contributed by atoms with Gasteiger partial charge in [-0.05, 0) is 76.2 Å². The van der Waals surface area contributed by atoms with E-state index < -0.39 is 18.2 Å². The average Bonchev–Trinajstić information content (AvgIpc) is 3.36. The molecule has 2 heterocycles. The molecule has 2 aliphatic rings. The van der Waals surface area contributed by atoms with Crippen molar-refractivity contribution in [3.63, 3.8) is 0 Å². The Morgan fingerprint density at radius 2 is 1.59 bits per heavy atom. The molecule has 39 heavy (non-hydrogen) atoms. The minimum atomic E-state index is -1.03. The molecule has 1 saturated heterocycles. The second-order valence-corrected chi connectivity index (χ2v) is 12.5. The minimum Gasteiger partial charge on any atom is -0.425 e. The second kappa shape index (κ2) is 13.1. The fourth-order valence-corrected chi connectivity index (χ4v) is 6.47. The van der Waals surface area contributed by atoms with Crippen LogP contribution in [0.1, 0.15) is 75.9 Å². The number of carbonyl (C=O) groups excluding carboxylic acids is 3. The number of thiophene rings is 1. The van der Waals surface area contributed by atoms with Gasteiger partial charge in [-0.1, -0.05) is 51.1 Å². The van der Waals surface area contributed by atoms with Gasteiger partial charge in [0.15, 0.2) is 0 Å². The largest absolute Gasteiger partial charge is 0.425 e. The lowest BCUT2D eigenvalue weighted by molar-refractivity contribution is -0.169. The van der Waals surface area contributed by atoms with E-state index >= 15 is 0 Å². The van der Waals surface area contributed by atoms with Crippen molar-refractivity contribution in [2.75, 3.05) is 25.0 Å². The average molecular weight is 555 g/mol. The van der Waals surface area contributed by atoms with Gasteiger partial charge in [-0.2, -0.15) is 0 Å². The Bertz CT molecular complexity index is 1130. The summed E-state index contributed by atoms with van der Waals surface area (Å²) in [5.74, 6) is -0.635. The van der Waals surface area contributed by atoms with Crippen molar-refractivity contribution in [2.24, 2.45) is 17.8 Å². The Morgan fingerprint density at radius 3 is 2.21 bits per heavy atom. The summed E-state index contributed by atoms with van der Waals surface area (Å²) >= 11 is 1.33. The zero-order valence-corrected chi connectivity index (χ0v) is 24.7. The molecule has 1 aliphatic heterocycles. The maximum atomic E-state index is 14.2. The molecule has 2 aromatic rings. The van der Waals surface area contributed by atoms with Gasteiger partial charge in [-0.15, -0.1) is 11.3 Å². The highest BCUT2D eigenvalue weighted by molar-refractivity contribution is 7.18. The van der Waals surface area contributed by atoms with Crippen molar-refractivity contribution in [3.8, 4) is 10.4 Å². The Hall–Kier alpha value is -2.71. The van der Waals surface area contributed by atoms with E-state index in [1.807, 2.05) is 41.3 Å². The van der Waals surface area contributed by atoms with Crippen molar-refractivity contribution in [1.82, 2.24) is 4.90 Å². The van der Waals surface area contributed by atoms with Gasteiger partial charge in [-0.25, -0.2) is 4.79 Å². The van der Waals surface area contributed by atoms with Crippen molar-refractivity contribution < 1.29 is 23.9 Å². The third kappa shape index (κ3) is 7.28. The van der Waals surface area contributed by atoms with E-state index in [0.29, 0.717) is 16.5 Å². The first-order valence-corrected chi connectivity index (χ1v) is 15.1. The molecule has 7 nitrogen and oxygen atoms in total. The number of rotatable bonds is 8. The molecule has 1 aromatic heterocycles. The lowest BCUT2D eigenvalue weighted by Crippen LogP contribution is -2.49. The highest BCUT2D eigenvalue weighted by Gasteiger charge is 2.37. The SMILES string of the molecule is CC1CCC(C(=O)N(c2cc(-c3ccccc3)sc2C(=O)OC(C)OC(=O)C(C)C)C2CCN(C)CC2)CC1. The van der Waals surface area contributed by atoms with Crippen molar-refractivity contribution >= 4 is 34.9 Å². The smallest absolute Gasteiger partial charge is 0.353 e. The first-order chi connectivity index (χ1) is 18.6. The van der Waals surface area contributed by atoms with Crippen LogP contribution in [0.5, 0.6) is 0 Å². The van der Waals surface area contributed by atoms with E-state index in [1.165, 1.54) is 11.3 Å². The van der Waals surface area contributed by atoms with Gasteiger partial charge < -0.3 is 19.3 Å². The van der Waals surface area contributed by atoms with E-state index in [-0.39, 0.29) is 23.8 Å². The number of hydrogen-bond acceptors (Lipinski definition) is 7. The van der Waals surface area contributed by atoms with Crippen LogP contribution < -0.4 is 4.90 Å². The fourth-order valence-electron chi connectivity index (χ4n) is 5.43. The van der Waals surface area contributed by atoms with Gasteiger partial charge in [0.25, 0.3) is 0 Å². The molecule has 8 heteroatoms. The number of ether oxygens (including phenoxy) is 2. The number of nitrogens with zero attached hydrogens (tertiary/aromatic N) is 2. The number of anilines is 1. The van der Waals surface area contributed by atoms with E-state index in [1.54, 1.807) is 20.8 Å². The maximum Gasteiger partial charge on any atom is 0.353 e. The number of piperidine rings is 1. The third-order valence-electron chi connectivity index (χ3n) is 7.90. The number of amides is 1. The fraction of sp³-hybridized carbons (Fsp3) is 0.581. The van der Waals surface area contributed by atoms with Crippen LogP contribution in [-0.4, -0.2) is 55.2 Å². The predicted octanol–water partition coefficient (Wildman–Crippen LogP) is 6.37. The molecular weight excluding hydrogens is 512 g/mol. The van der Waals surface area contributed by atoms with E-state index in [4.69, 9.17) is 9.47 Å². The summed E-state index contributed by atoms with van der Waals surface area (Å²) in [6.45, 7) is 9.06. The molecule has 0 N–H and O–H groups in total. The Morgan fingerprint density at radius 1 is 0.949 bits per heavy atom. The van der Waals surface area contributed by atoms with Crippen molar-refractivity contribution in [1.29, 1.82) is 0 Å². The molecule has 2 fully saturated rings. The molecule has 1 amide bonds. The maximum absolute atomic E-state index is 14.2. The molecule has 1 aromatic carbocycles. The predicted molar refractivity (Wildman–Crippen MR) is 155 cm³/mol. The van der Waals surface area contributed by atoms with Gasteiger partial charge in [-0.3, -0.25) is 9.59 Å². The van der Waals surface area contributed by atoms with Crippen LogP contribution in [-0.2, 0) is 19.1 Å². The van der Waals surface area contributed by atoms with E-state index in [2.05, 4.69) is 18.9 Å². The zero-order valence-electron chi connectivity index (χ0n) is 23.9. The van der Waals surface area contributed by atoms with Crippen LogP contribution >= 0.6 is 11.3 Å². The number of esters is 2. The molecule has 0 spiro atoms. The molecule has 1 atom stereocenters. The molecule has 1 unspecified atom stereocenters. The number of likely N-dealkylation sites (tertiary alicyclic amines) is 1. The summed E-state index contributed by atoms with van der Waals surface area (Å²) in [5, 5.41) is 0. The molecule has 1 aliphatic carbocycles. The van der Waals surface area contributed by atoms with Crippen LogP contribution in [0.2, 0.25) is 0 Å². The van der Waals surface area contributed by atoms with Crippen LogP contribution in [0.15, 0.2) is 36.4 Å². The Balaban J connectivity index is 1.71. The van der Waals surface area contributed by atoms with E-state index in [0.717, 1.165) is 62.1 Å². The van der Waals surface area contributed by atoms with Gasteiger partial charge in [0.1, 0.15) is 4.88 Å². The molecule has 0 bridgehead atoms. The first-order valence-electron chi connectivity index (χ1n) is 14.3. The Labute approximate surface area is 236 Å². The Kier molecular flexibility index (Phi) is 9.83. The highest BCUT2D eigenvalue weighted by atomic mass is 32.1. The minimum absolute atomic E-state index is 0.00835. The normalized spacial score (nSPS) is 21.4. The second-order valence-electron chi connectivity index (χ2n) is 11.5. The standard InChI is InChI=1S/C31H42N2O5S/c1-20(2)30(35)37-22(4)38-31(36)28-26(19-27(39-28)23-9-7-6-8-10-23)33(25-15-17-32(5)18-16-25)29(34)24-13-11-21(3)12-14-24/h6-10,19-22,24-25H,11-18H2,1-5H3. The molecule has 1 saturated carbocycles. The third-order valence-corrected chi connectivity index (χ3v) is 9.05. The van der Waals surface area contributed by atoms with Crippen molar-refractivity contribution in [2.45, 2.75) is 78.6 Å². The van der Waals surface area contributed by atoms with Crippen molar-refractivity contribution in [3.05, 3.63) is 41.3 Å². The topological polar surface area (TPSA) is 76.1 Å². The quantitative estimate of drug-likeness (QED) is 0.279. The number of carbonyl (C=O) groups is 3. The number of benzene rings is 1.